The number of Topliss-reactive ketones (excluding diaryl/α,β-unsaturated/α-hetero) is 1. The van der Waals surface area contributed by atoms with Gasteiger partial charge in [0.25, 0.3) is 0 Å². The van der Waals surface area contributed by atoms with Gasteiger partial charge in [0.15, 0.2) is 5.78 Å². The number of rotatable bonds is 1. The van der Waals surface area contributed by atoms with Crippen molar-refractivity contribution in [3.8, 4) is 5.75 Å². The number of hydrogen-bond donors (Lipinski definition) is 1. The number of aryl methyl sites for hydroxylation is 1. The van der Waals surface area contributed by atoms with Crippen molar-refractivity contribution in [1.29, 1.82) is 0 Å². The Morgan fingerprint density at radius 1 is 1.33 bits per heavy atom. The van der Waals surface area contributed by atoms with Gasteiger partial charge < -0.3 is 5.11 Å². The molecule has 0 amide bonds. The molecule has 0 saturated heterocycles. The molecule has 0 aliphatic carbocycles. The van der Waals surface area contributed by atoms with E-state index in [9.17, 15) is 14.3 Å². The minimum atomic E-state index is -0.582. The van der Waals surface area contributed by atoms with E-state index in [0.29, 0.717) is 5.56 Å². The van der Waals surface area contributed by atoms with Gasteiger partial charge in [0.2, 0.25) is 0 Å². The van der Waals surface area contributed by atoms with Crippen LogP contribution in [0.4, 0.5) is 4.39 Å². The smallest absolute Gasteiger partial charge is 0.171 e. The zero-order chi connectivity index (χ0) is 11.8. The third kappa shape index (κ3) is 2.35. The van der Waals surface area contributed by atoms with E-state index in [1.165, 1.54) is 6.07 Å². The van der Waals surface area contributed by atoms with Gasteiger partial charge in [-0.2, -0.15) is 0 Å². The Kier molecular flexibility index (Phi) is 2.84. The van der Waals surface area contributed by atoms with Crippen LogP contribution in [-0.2, 0) is 0 Å². The SMILES string of the molecule is Cc1cc(C(=O)C(C)(C)C)c(O)cc1F. The van der Waals surface area contributed by atoms with Crippen molar-refractivity contribution in [1.82, 2.24) is 0 Å². The second kappa shape index (κ2) is 3.65. The Bertz CT molecular complexity index is 403. The van der Waals surface area contributed by atoms with E-state index in [-0.39, 0.29) is 17.1 Å². The Morgan fingerprint density at radius 2 is 1.87 bits per heavy atom. The molecule has 1 rings (SSSR count). The molecule has 1 aromatic rings. The first kappa shape index (κ1) is 11.7. The highest BCUT2D eigenvalue weighted by Gasteiger charge is 2.25. The number of phenols is 1. The standard InChI is InChI=1S/C12H15FO2/c1-7-5-8(10(14)6-9(7)13)11(15)12(2,3)4/h5-6,14H,1-4H3. The first-order valence-electron chi connectivity index (χ1n) is 4.77. The van der Waals surface area contributed by atoms with Gasteiger partial charge in [-0.3, -0.25) is 4.79 Å². The Hall–Kier alpha value is -1.38. The second-order valence-electron chi connectivity index (χ2n) is 4.70. The molecule has 1 N–H and O–H groups in total. The van der Waals surface area contributed by atoms with E-state index in [4.69, 9.17) is 0 Å². The fraction of sp³-hybridized carbons (Fsp3) is 0.417. The molecule has 0 radical (unpaired) electrons. The molecule has 82 valence electrons. The number of carbonyl (C=O) groups excluding carboxylic acids is 1. The zero-order valence-corrected chi connectivity index (χ0v) is 9.39. The number of aromatic hydroxyl groups is 1. The number of phenolic OH excluding ortho intramolecular Hbond substituents is 1. The Labute approximate surface area is 88.7 Å². The van der Waals surface area contributed by atoms with Crippen molar-refractivity contribution in [2.24, 2.45) is 5.41 Å². The maximum absolute atomic E-state index is 13.0. The lowest BCUT2D eigenvalue weighted by atomic mass is 9.85. The average Bonchev–Trinajstić information content (AvgIpc) is 2.08. The summed E-state index contributed by atoms with van der Waals surface area (Å²) in [7, 11) is 0. The third-order valence-electron chi connectivity index (χ3n) is 2.20. The van der Waals surface area contributed by atoms with Gasteiger partial charge in [0, 0.05) is 11.5 Å². The van der Waals surface area contributed by atoms with Gasteiger partial charge in [-0.15, -0.1) is 0 Å². The molecular weight excluding hydrogens is 195 g/mol. The fourth-order valence-corrected chi connectivity index (χ4v) is 1.26. The Balaban J connectivity index is 3.28. The van der Waals surface area contributed by atoms with Crippen LogP contribution in [0, 0.1) is 18.2 Å². The molecule has 0 saturated carbocycles. The van der Waals surface area contributed by atoms with E-state index < -0.39 is 11.2 Å². The van der Waals surface area contributed by atoms with Crippen LogP contribution in [0.5, 0.6) is 5.75 Å². The van der Waals surface area contributed by atoms with Crippen molar-refractivity contribution < 1.29 is 14.3 Å². The summed E-state index contributed by atoms with van der Waals surface area (Å²) < 4.78 is 13.0. The summed E-state index contributed by atoms with van der Waals surface area (Å²) in [5.74, 6) is -0.987. The maximum atomic E-state index is 13.0. The van der Waals surface area contributed by atoms with Crippen molar-refractivity contribution >= 4 is 5.78 Å². The summed E-state index contributed by atoms with van der Waals surface area (Å²) in [6.45, 7) is 6.84. The fourth-order valence-electron chi connectivity index (χ4n) is 1.26. The lowest BCUT2D eigenvalue weighted by molar-refractivity contribution is 0.0855. The van der Waals surface area contributed by atoms with E-state index in [2.05, 4.69) is 0 Å². The van der Waals surface area contributed by atoms with Crippen LogP contribution in [0.2, 0.25) is 0 Å². The summed E-state index contributed by atoms with van der Waals surface area (Å²) in [4.78, 5) is 11.9. The number of hydrogen-bond acceptors (Lipinski definition) is 2. The van der Waals surface area contributed by atoms with Crippen LogP contribution in [0.15, 0.2) is 12.1 Å². The van der Waals surface area contributed by atoms with Gasteiger partial charge in [-0.25, -0.2) is 4.39 Å². The van der Waals surface area contributed by atoms with E-state index in [1.807, 2.05) is 0 Å². The molecule has 0 atom stereocenters. The van der Waals surface area contributed by atoms with E-state index >= 15 is 0 Å². The molecule has 0 fully saturated rings. The van der Waals surface area contributed by atoms with Crippen molar-refractivity contribution in [2.45, 2.75) is 27.7 Å². The van der Waals surface area contributed by atoms with Gasteiger partial charge in [-0.05, 0) is 18.6 Å². The quantitative estimate of drug-likeness (QED) is 0.723. The molecule has 15 heavy (non-hydrogen) atoms. The number of halogens is 1. The number of benzene rings is 1. The third-order valence-corrected chi connectivity index (χ3v) is 2.20. The first-order chi connectivity index (χ1) is 6.73. The predicted octanol–water partition coefficient (Wildman–Crippen LogP) is 3.07. The molecule has 0 spiro atoms. The molecule has 0 heterocycles. The van der Waals surface area contributed by atoms with Gasteiger partial charge in [-0.1, -0.05) is 20.8 Å². The van der Waals surface area contributed by atoms with Crippen LogP contribution < -0.4 is 0 Å². The highest BCUT2D eigenvalue weighted by Crippen LogP contribution is 2.28. The summed E-state index contributed by atoms with van der Waals surface area (Å²) in [5.41, 5.74) is -0.0383. The normalized spacial score (nSPS) is 11.5. The minimum Gasteiger partial charge on any atom is -0.507 e. The van der Waals surface area contributed by atoms with Crippen LogP contribution in [0.25, 0.3) is 0 Å². The number of ketones is 1. The minimum absolute atomic E-state index is 0.182. The molecule has 0 bridgehead atoms. The van der Waals surface area contributed by atoms with Crippen LogP contribution in [0.3, 0.4) is 0 Å². The van der Waals surface area contributed by atoms with Crippen molar-refractivity contribution in [3.05, 3.63) is 29.1 Å². The molecule has 0 unspecified atom stereocenters. The molecule has 0 aliphatic rings. The van der Waals surface area contributed by atoms with E-state index in [1.54, 1.807) is 27.7 Å². The van der Waals surface area contributed by atoms with Crippen LogP contribution >= 0.6 is 0 Å². The summed E-state index contributed by atoms with van der Waals surface area (Å²) in [6, 6.07) is 2.37. The first-order valence-corrected chi connectivity index (χ1v) is 4.77. The van der Waals surface area contributed by atoms with E-state index in [0.717, 1.165) is 6.07 Å². The largest absolute Gasteiger partial charge is 0.507 e. The summed E-state index contributed by atoms with van der Waals surface area (Å²) >= 11 is 0. The Morgan fingerprint density at radius 3 is 2.33 bits per heavy atom. The summed E-state index contributed by atoms with van der Waals surface area (Å²) in [5, 5.41) is 9.49. The molecule has 3 heteroatoms. The lowest BCUT2D eigenvalue weighted by Crippen LogP contribution is -2.20. The average molecular weight is 210 g/mol. The molecule has 0 aromatic heterocycles. The zero-order valence-electron chi connectivity index (χ0n) is 9.39. The van der Waals surface area contributed by atoms with Crippen LogP contribution in [0.1, 0.15) is 36.7 Å². The number of carbonyl (C=O) groups is 1. The molecule has 2 nitrogen and oxygen atoms in total. The lowest BCUT2D eigenvalue weighted by Gasteiger charge is -2.17. The monoisotopic (exact) mass is 210 g/mol. The molecule has 0 aliphatic heterocycles. The van der Waals surface area contributed by atoms with Gasteiger partial charge >= 0.3 is 0 Å². The topological polar surface area (TPSA) is 37.3 Å². The van der Waals surface area contributed by atoms with Gasteiger partial charge in [0.1, 0.15) is 11.6 Å². The molecule has 1 aromatic carbocycles. The van der Waals surface area contributed by atoms with Crippen molar-refractivity contribution in [2.75, 3.05) is 0 Å². The second-order valence-corrected chi connectivity index (χ2v) is 4.70. The summed E-state index contributed by atoms with van der Waals surface area (Å²) in [6.07, 6.45) is 0. The molecular formula is C12H15FO2. The highest BCUT2D eigenvalue weighted by atomic mass is 19.1. The van der Waals surface area contributed by atoms with Gasteiger partial charge in [0.05, 0.1) is 5.56 Å². The van der Waals surface area contributed by atoms with Crippen molar-refractivity contribution in [3.63, 3.8) is 0 Å². The predicted molar refractivity (Wildman–Crippen MR) is 56.6 cm³/mol. The maximum Gasteiger partial charge on any atom is 0.171 e. The highest BCUT2D eigenvalue weighted by molar-refractivity contribution is 6.02. The van der Waals surface area contributed by atoms with Crippen LogP contribution in [-0.4, -0.2) is 10.9 Å².